The Balaban J connectivity index is 2.71. The number of carbonyl (C=O) groups excluding carboxylic acids is 1. The van der Waals surface area contributed by atoms with Gasteiger partial charge in [0.15, 0.2) is 11.1 Å². The standard InChI is InChI=1S/C14H23Cl2NO3/c1-6-7-17(13(18)12(15)16)8-11-19-9(2)14(4,5)10(3)20-11/h6,9-12H,1,7-8H2,2-5H3. The second kappa shape index (κ2) is 7.12. The Morgan fingerprint density at radius 3 is 2.25 bits per heavy atom. The molecule has 1 rings (SSSR count). The average Bonchev–Trinajstić information content (AvgIpc) is 2.35. The van der Waals surface area contributed by atoms with E-state index in [4.69, 9.17) is 32.7 Å². The fraction of sp³-hybridized carbons (Fsp3) is 0.786. The highest BCUT2D eigenvalue weighted by Crippen LogP contribution is 2.35. The Kier molecular flexibility index (Phi) is 6.32. The second-order valence-corrected chi connectivity index (χ2v) is 6.74. The fourth-order valence-corrected chi connectivity index (χ4v) is 2.26. The number of alkyl halides is 2. The molecule has 1 amide bonds. The van der Waals surface area contributed by atoms with E-state index in [1.165, 1.54) is 4.90 Å². The highest BCUT2D eigenvalue weighted by Gasteiger charge is 2.41. The van der Waals surface area contributed by atoms with Crippen LogP contribution in [0.25, 0.3) is 0 Å². The van der Waals surface area contributed by atoms with Crippen molar-refractivity contribution in [2.24, 2.45) is 5.41 Å². The minimum atomic E-state index is -1.09. The first-order valence-corrected chi connectivity index (χ1v) is 7.56. The SMILES string of the molecule is C=CCN(CC1OC(C)C(C)(C)C(C)O1)C(=O)C(Cl)Cl. The van der Waals surface area contributed by atoms with Crippen LogP contribution in [-0.4, -0.2) is 47.2 Å². The number of amides is 1. The first kappa shape index (κ1) is 17.8. The Bertz CT molecular complexity index is 346. The van der Waals surface area contributed by atoms with Gasteiger partial charge in [0.25, 0.3) is 5.91 Å². The summed E-state index contributed by atoms with van der Waals surface area (Å²) in [7, 11) is 0. The number of ether oxygens (including phenoxy) is 2. The lowest BCUT2D eigenvalue weighted by atomic mass is 9.81. The summed E-state index contributed by atoms with van der Waals surface area (Å²) in [5.74, 6) is -0.370. The van der Waals surface area contributed by atoms with Crippen LogP contribution >= 0.6 is 23.2 Å². The molecule has 1 saturated heterocycles. The zero-order chi connectivity index (χ0) is 15.5. The van der Waals surface area contributed by atoms with E-state index in [-0.39, 0.29) is 30.1 Å². The molecule has 0 N–H and O–H groups in total. The van der Waals surface area contributed by atoms with E-state index in [0.29, 0.717) is 6.54 Å². The summed E-state index contributed by atoms with van der Waals surface area (Å²) in [5, 5.41) is 0. The summed E-state index contributed by atoms with van der Waals surface area (Å²) in [6, 6.07) is 0. The lowest BCUT2D eigenvalue weighted by molar-refractivity contribution is -0.286. The molecule has 20 heavy (non-hydrogen) atoms. The lowest BCUT2D eigenvalue weighted by Crippen LogP contribution is -2.53. The van der Waals surface area contributed by atoms with E-state index in [0.717, 1.165) is 0 Å². The molecule has 0 spiro atoms. The number of hydrogen-bond donors (Lipinski definition) is 0. The monoisotopic (exact) mass is 323 g/mol. The average molecular weight is 324 g/mol. The van der Waals surface area contributed by atoms with Crippen molar-refractivity contribution in [1.29, 1.82) is 0 Å². The molecule has 1 fully saturated rings. The van der Waals surface area contributed by atoms with Crippen LogP contribution in [0, 0.1) is 5.41 Å². The van der Waals surface area contributed by atoms with Gasteiger partial charge < -0.3 is 14.4 Å². The van der Waals surface area contributed by atoms with E-state index in [1.54, 1.807) is 6.08 Å². The van der Waals surface area contributed by atoms with Crippen LogP contribution in [0.5, 0.6) is 0 Å². The summed E-state index contributed by atoms with van der Waals surface area (Å²) in [4.78, 5) is 12.3. The molecule has 116 valence electrons. The maximum absolute atomic E-state index is 11.9. The molecule has 0 aromatic carbocycles. The van der Waals surface area contributed by atoms with Gasteiger partial charge >= 0.3 is 0 Å². The number of hydrogen-bond acceptors (Lipinski definition) is 3. The summed E-state index contributed by atoms with van der Waals surface area (Å²) in [6.45, 7) is 12.5. The molecule has 2 unspecified atom stereocenters. The molecule has 0 aromatic heterocycles. The molecule has 1 aliphatic rings. The van der Waals surface area contributed by atoms with Crippen LogP contribution in [0.3, 0.4) is 0 Å². The molecule has 2 atom stereocenters. The van der Waals surface area contributed by atoms with E-state index < -0.39 is 11.1 Å². The van der Waals surface area contributed by atoms with Gasteiger partial charge in [-0.1, -0.05) is 43.1 Å². The first-order valence-electron chi connectivity index (χ1n) is 6.68. The van der Waals surface area contributed by atoms with Crippen molar-refractivity contribution in [1.82, 2.24) is 4.90 Å². The van der Waals surface area contributed by atoms with Crippen LogP contribution in [0.4, 0.5) is 0 Å². The van der Waals surface area contributed by atoms with Gasteiger partial charge in [-0.2, -0.15) is 0 Å². The van der Waals surface area contributed by atoms with Gasteiger partial charge in [0.05, 0.1) is 18.8 Å². The van der Waals surface area contributed by atoms with Gasteiger partial charge in [-0.15, -0.1) is 6.58 Å². The first-order chi connectivity index (χ1) is 9.20. The zero-order valence-corrected chi connectivity index (χ0v) is 13.9. The van der Waals surface area contributed by atoms with E-state index in [9.17, 15) is 4.79 Å². The van der Waals surface area contributed by atoms with Gasteiger partial charge in [0.2, 0.25) is 0 Å². The number of rotatable bonds is 5. The lowest BCUT2D eigenvalue weighted by Gasteiger charge is -2.46. The Morgan fingerprint density at radius 2 is 1.85 bits per heavy atom. The fourth-order valence-electron chi connectivity index (χ4n) is 1.98. The highest BCUT2D eigenvalue weighted by atomic mass is 35.5. The molecule has 0 bridgehead atoms. The van der Waals surface area contributed by atoms with Crippen LogP contribution in [0.2, 0.25) is 0 Å². The van der Waals surface area contributed by atoms with Crippen molar-refractivity contribution in [3.05, 3.63) is 12.7 Å². The Labute approximate surface area is 131 Å². The Morgan fingerprint density at radius 1 is 1.35 bits per heavy atom. The third kappa shape index (κ3) is 4.10. The van der Waals surface area contributed by atoms with Crippen molar-refractivity contribution >= 4 is 29.1 Å². The van der Waals surface area contributed by atoms with Crippen molar-refractivity contribution in [3.8, 4) is 0 Å². The van der Waals surface area contributed by atoms with Gasteiger partial charge in [-0.3, -0.25) is 4.79 Å². The van der Waals surface area contributed by atoms with E-state index in [2.05, 4.69) is 20.4 Å². The van der Waals surface area contributed by atoms with E-state index in [1.807, 2.05) is 13.8 Å². The quantitative estimate of drug-likeness (QED) is 0.576. The molecule has 4 nitrogen and oxygen atoms in total. The Hall–Kier alpha value is -0.290. The zero-order valence-electron chi connectivity index (χ0n) is 12.4. The third-order valence-corrected chi connectivity index (χ3v) is 4.40. The number of nitrogens with zero attached hydrogens (tertiary/aromatic N) is 1. The molecule has 6 heteroatoms. The molecule has 0 saturated carbocycles. The van der Waals surface area contributed by atoms with Gasteiger partial charge in [0, 0.05) is 12.0 Å². The molecular weight excluding hydrogens is 301 g/mol. The molecule has 0 aliphatic carbocycles. The summed E-state index contributed by atoms with van der Waals surface area (Å²) in [6.07, 6.45) is 1.19. The number of halogens is 2. The highest BCUT2D eigenvalue weighted by molar-refractivity contribution is 6.53. The molecule has 0 aromatic rings. The number of carbonyl (C=O) groups is 1. The van der Waals surface area contributed by atoms with Crippen LogP contribution in [0.1, 0.15) is 27.7 Å². The van der Waals surface area contributed by atoms with Crippen LogP contribution in [-0.2, 0) is 14.3 Å². The largest absolute Gasteiger partial charge is 0.347 e. The van der Waals surface area contributed by atoms with Crippen LogP contribution in [0.15, 0.2) is 12.7 Å². The molecular formula is C14H23Cl2NO3. The second-order valence-electron chi connectivity index (χ2n) is 5.64. The molecule has 0 radical (unpaired) electrons. The van der Waals surface area contributed by atoms with Gasteiger partial charge in [-0.25, -0.2) is 0 Å². The van der Waals surface area contributed by atoms with Crippen molar-refractivity contribution in [2.75, 3.05) is 13.1 Å². The maximum Gasteiger partial charge on any atom is 0.256 e. The molecule has 1 heterocycles. The molecule has 1 aliphatic heterocycles. The minimum Gasteiger partial charge on any atom is -0.347 e. The van der Waals surface area contributed by atoms with E-state index >= 15 is 0 Å². The topological polar surface area (TPSA) is 38.8 Å². The summed E-state index contributed by atoms with van der Waals surface area (Å²) >= 11 is 11.3. The minimum absolute atomic E-state index is 0.0275. The summed E-state index contributed by atoms with van der Waals surface area (Å²) < 4.78 is 11.7. The normalized spacial score (nSPS) is 29.2. The van der Waals surface area contributed by atoms with Crippen LogP contribution < -0.4 is 0 Å². The predicted octanol–water partition coefficient (Wildman–Crippen LogP) is 2.98. The van der Waals surface area contributed by atoms with Crippen molar-refractivity contribution < 1.29 is 14.3 Å². The third-order valence-electron chi connectivity index (χ3n) is 4.02. The predicted molar refractivity (Wildman–Crippen MR) is 80.9 cm³/mol. The maximum atomic E-state index is 11.9. The van der Waals surface area contributed by atoms with Gasteiger partial charge in [-0.05, 0) is 13.8 Å². The van der Waals surface area contributed by atoms with Gasteiger partial charge in [0.1, 0.15) is 0 Å². The van der Waals surface area contributed by atoms with Crippen molar-refractivity contribution in [3.63, 3.8) is 0 Å². The van der Waals surface area contributed by atoms with Crippen molar-refractivity contribution in [2.45, 2.75) is 51.0 Å². The smallest absolute Gasteiger partial charge is 0.256 e. The summed E-state index contributed by atoms with van der Waals surface area (Å²) in [5.41, 5.74) is -0.0781.